The van der Waals surface area contributed by atoms with E-state index in [9.17, 15) is 9.59 Å². The van der Waals surface area contributed by atoms with Crippen LogP contribution in [0.15, 0.2) is 53.4 Å². The maximum absolute atomic E-state index is 11.9. The minimum atomic E-state index is -0.206. The number of rotatable bonds is 6. The molecule has 0 radical (unpaired) electrons. The number of nitrogens with one attached hydrogen (secondary N) is 2. The first-order valence-corrected chi connectivity index (χ1v) is 7.96. The van der Waals surface area contributed by atoms with Crippen LogP contribution in [0.4, 0.5) is 0 Å². The van der Waals surface area contributed by atoms with Crippen LogP contribution in [0.25, 0.3) is 0 Å². The molecule has 2 aromatic rings. The zero-order chi connectivity index (χ0) is 16.7. The van der Waals surface area contributed by atoms with E-state index in [0.29, 0.717) is 28.6 Å². The quantitative estimate of drug-likeness (QED) is 0.555. The average Bonchev–Trinajstić information content (AvgIpc) is 2.54. The predicted octanol–water partition coefficient (Wildman–Crippen LogP) is 2.72. The normalized spacial score (nSPS) is 10.2. The van der Waals surface area contributed by atoms with E-state index in [1.54, 1.807) is 30.3 Å². The fourth-order valence-corrected chi connectivity index (χ4v) is 2.38. The molecule has 4 nitrogen and oxygen atoms in total. The van der Waals surface area contributed by atoms with E-state index in [4.69, 9.17) is 11.6 Å². The largest absolute Gasteiger partial charge is 0.354 e. The fraction of sp³-hybridized carbons (Fsp3) is 0.176. The van der Waals surface area contributed by atoms with Crippen molar-refractivity contribution in [2.75, 3.05) is 13.1 Å². The molecule has 0 aliphatic heterocycles. The second-order valence-corrected chi connectivity index (χ2v) is 5.84. The van der Waals surface area contributed by atoms with Crippen LogP contribution >= 0.6 is 24.2 Å². The lowest BCUT2D eigenvalue weighted by atomic mass is 10.1. The summed E-state index contributed by atoms with van der Waals surface area (Å²) in [7, 11) is 0. The molecule has 6 heteroatoms. The summed E-state index contributed by atoms with van der Waals surface area (Å²) in [5.74, 6) is -0.307. The molecule has 0 fully saturated rings. The molecule has 2 amide bonds. The van der Waals surface area contributed by atoms with Crippen molar-refractivity contribution in [2.45, 2.75) is 11.3 Å². The number of hydrogen-bond donors (Lipinski definition) is 3. The van der Waals surface area contributed by atoms with E-state index in [0.717, 1.165) is 5.56 Å². The van der Waals surface area contributed by atoms with Crippen LogP contribution in [-0.4, -0.2) is 24.9 Å². The van der Waals surface area contributed by atoms with Gasteiger partial charge < -0.3 is 10.6 Å². The highest BCUT2D eigenvalue weighted by molar-refractivity contribution is 7.80. The second-order valence-electron chi connectivity index (χ2n) is 4.93. The summed E-state index contributed by atoms with van der Waals surface area (Å²) >= 11 is 10.0. The van der Waals surface area contributed by atoms with Gasteiger partial charge in [-0.2, -0.15) is 0 Å². The Morgan fingerprint density at radius 1 is 0.957 bits per heavy atom. The third-order valence-electron chi connectivity index (χ3n) is 3.16. The van der Waals surface area contributed by atoms with Crippen LogP contribution < -0.4 is 10.6 Å². The Bertz CT molecular complexity index is 689. The average molecular weight is 349 g/mol. The van der Waals surface area contributed by atoms with Gasteiger partial charge in [0.2, 0.25) is 5.91 Å². The van der Waals surface area contributed by atoms with Crippen molar-refractivity contribution in [3.05, 3.63) is 64.7 Å². The summed E-state index contributed by atoms with van der Waals surface area (Å²) in [4.78, 5) is 24.4. The summed E-state index contributed by atoms with van der Waals surface area (Å²) in [6.07, 6.45) is 0.282. The molecule has 0 heterocycles. The Morgan fingerprint density at radius 3 is 2.30 bits per heavy atom. The standard InChI is InChI=1S/C17H17ClN2O2S/c18-13-7-5-12(6-8-13)11-16(21)19-9-10-20-17(22)14-3-1-2-4-15(14)23/h1-8,23H,9-11H2,(H,19,21)(H,20,22). The summed E-state index contributed by atoms with van der Waals surface area (Å²) < 4.78 is 0. The van der Waals surface area contributed by atoms with E-state index in [2.05, 4.69) is 23.3 Å². The van der Waals surface area contributed by atoms with Crippen molar-refractivity contribution < 1.29 is 9.59 Å². The van der Waals surface area contributed by atoms with Gasteiger partial charge in [-0.1, -0.05) is 35.9 Å². The minimum absolute atomic E-state index is 0.101. The lowest BCUT2D eigenvalue weighted by molar-refractivity contribution is -0.120. The molecule has 0 saturated carbocycles. The highest BCUT2D eigenvalue weighted by Crippen LogP contribution is 2.12. The van der Waals surface area contributed by atoms with Crippen LogP contribution in [-0.2, 0) is 11.2 Å². The number of carbonyl (C=O) groups is 2. The van der Waals surface area contributed by atoms with Gasteiger partial charge in [-0.15, -0.1) is 12.6 Å². The van der Waals surface area contributed by atoms with Crippen LogP contribution in [0.1, 0.15) is 15.9 Å². The molecule has 0 saturated heterocycles. The smallest absolute Gasteiger partial charge is 0.252 e. The van der Waals surface area contributed by atoms with Gasteiger partial charge in [0.1, 0.15) is 0 Å². The molecule has 2 N–H and O–H groups in total. The Hall–Kier alpha value is -1.98. The number of hydrogen-bond acceptors (Lipinski definition) is 3. The maximum Gasteiger partial charge on any atom is 0.252 e. The number of amides is 2. The molecular formula is C17H17ClN2O2S. The zero-order valence-corrected chi connectivity index (χ0v) is 14.0. The van der Waals surface area contributed by atoms with E-state index >= 15 is 0 Å². The highest BCUT2D eigenvalue weighted by Gasteiger charge is 2.08. The molecule has 0 spiro atoms. The molecule has 120 valence electrons. The van der Waals surface area contributed by atoms with Crippen molar-refractivity contribution >= 4 is 36.0 Å². The van der Waals surface area contributed by atoms with E-state index in [1.165, 1.54) is 0 Å². The molecular weight excluding hydrogens is 332 g/mol. The number of thiol groups is 1. The summed E-state index contributed by atoms with van der Waals surface area (Å²) in [5, 5.41) is 6.15. The van der Waals surface area contributed by atoms with Gasteiger partial charge >= 0.3 is 0 Å². The van der Waals surface area contributed by atoms with E-state index < -0.39 is 0 Å². The highest BCUT2D eigenvalue weighted by atomic mass is 35.5. The van der Waals surface area contributed by atoms with Gasteiger partial charge in [-0.25, -0.2) is 0 Å². The molecule has 0 aromatic heterocycles. The first kappa shape index (κ1) is 17.4. The Kier molecular flexibility index (Phi) is 6.50. The van der Waals surface area contributed by atoms with Gasteiger partial charge in [0.05, 0.1) is 12.0 Å². The van der Waals surface area contributed by atoms with Gasteiger partial charge in [0.25, 0.3) is 5.91 Å². The fourth-order valence-electron chi connectivity index (χ4n) is 1.99. The van der Waals surface area contributed by atoms with Crippen molar-refractivity contribution in [1.82, 2.24) is 10.6 Å². The summed E-state index contributed by atoms with van der Waals surface area (Å²) in [5.41, 5.74) is 1.41. The van der Waals surface area contributed by atoms with Gasteiger partial charge in [0.15, 0.2) is 0 Å². The molecule has 23 heavy (non-hydrogen) atoms. The second kappa shape index (κ2) is 8.60. The minimum Gasteiger partial charge on any atom is -0.354 e. The van der Waals surface area contributed by atoms with Crippen LogP contribution in [0, 0.1) is 0 Å². The van der Waals surface area contributed by atoms with Crippen molar-refractivity contribution in [1.29, 1.82) is 0 Å². The third-order valence-corrected chi connectivity index (χ3v) is 3.80. The SMILES string of the molecule is O=C(Cc1ccc(Cl)cc1)NCCNC(=O)c1ccccc1S. The number of halogens is 1. The monoisotopic (exact) mass is 348 g/mol. The number of benzene rings is 2. The maximum atomic E-state index is 11.9. The van der Waals surface area contributed by atoms with E-state index in [-0.39, 0.29) is 18.2 Å². The van der Waals surface area contributed by atoms with Crippen molar-refractivity contribution in [2.24, 2.45) is 0 Å². The van der Waals surface area contributed by atoms with Gasteiger partial charge in [-0.05, 0) is 29.8 Å². The lowest BCUT2D eigenvalue weighted by Crippen LogP contribution is -2.35. The molecule has 0 aliphatic carbocycles. The van der Waals surface area contributed by atoms with Crippen LogP contribution in [0.5, 0.6) is 0 Å². The zero-order valence-electron chi connectivity index (χ0n) is 12.4. The van der Waals surface area contributed by atoms with Gasteiger partial charge in [-0.3, -0.25) is 9.59 Å². The van der Waals surface area contributed by atoms with Crippen LogP contribution in [0.3, 0.4) is 0 Å². The Balaban J connectivity index is 1.71. The number of carbonyl (C=O) groups excluding carboxylic acids is 2. The molecule has 2 rings (SSSR count). The van der Waals surface area contributed by atoms with Gasteiger partial charge in [0, 0.05) is 23.0 Å². The molecule has 0 atom stereocenters. The first-order chi connectivity index (χ1) is 11.1. The Morgan fingerprint density at radius 2 is 1.61 bits per heavy atom. The summed E-state index contributed by atoms with van der Waals surface area (Å²) in [6, 6.07) is 14.2. The predicted molar refractivity (Wildman–Crippen MR) is 94.2 cm³/mol. The molecule has 0 bridgehead atoms. The topological polar surface area (TPSA) is 58.2 Å². The Labute approximate surface area is 145 Å². The van der Waals surface area contributed by atoms with Crippen LogP contribution in [0.2, 0.25) is 5.02 Å². The summed E-state index contributed by atoms with van der Waals surface area (Å²) in [6.45, 7) is 0.722. The third kappa shape index (κ3) is 5.62. The first-order valence-electron chi connectivity index (χ1n) is 7.13. The molecule has 0 aliphatic rings. The molecule has 2 aromatic carbocycles. The molecule has 0 unspecified atom stereocenters. The van der Waals surface area contributed by atoms with Crippen molar-refractivity contribution in [3.8, 4) is 0 Å². The van der Waals surface area contributed by atoms with E-state index in [1.807, 2.05) is 18.2 Å². The lowest BCUT2D eigenvalue weighted by Gasteiger charge is -2.08. The van der Waals surface area contributed by atoms with Crippen molar-refractivity contribution in [3.63, 3.8) is 0 Å².